The molecule has 0 saturated carbocycles. The number of alkyl halides is 6. The SMILES string of the molecule is FC(F)(F)c1ccnc(-c2ccccn2)c1C(F)(F)F.c1ccc2nc(-c3ccc4ccccc4n3)ccc2c1. The molecule has 0 aliphatic carbocycles. The Morgan fingerprint density at radius 1 is 0.450 bits per heavy atom. The highest BCUT2D eigenvalue weighted by molar-refractivity contribution is 5.84. The van der Waals surface area contributed by atoms with E-state index < -0.39 is 29.2 Å². The highest BCUT2D eigenvalue weighted by atomic mass is 19.4. The summed E-state index contributed by atoms with van der Waals surface area (Å²) >= 11 is 0. The minimum Gasteiger partial charge on any atom is -0.255 e. The normalized spacial score (nSPS) is 11.8. The summed E-state index contributed by atoms with van der Waals surface area (Å²) in [7, 11) is 0. The van der Waals surface area contributed by atoms with Crippen molar-refractivity contribution in [3.63, 3.8) is 0 Å². The molecule has 4 nitrogen and oxygen atoms in total. The molecule has 6 rings (SSSR count). The first-order valence-electron chi connectivity index (χ1n) is 11.9. The minimum atomic E-state index is -5.19. The summed E-state index contributed by atoms with van der Waals surface area (Å²) in [6.45, 7) is 0. The quantitative estimate of drug-likeness (QED) is 0.203. The van der Waals surface area contributed by atoms with Crippen molar-refractivity contribution in [1.82, 2.24) is 19.9 Å². The summed E-state index contributed by atoms with van der Waals surface area (Å²) in [6, 6.07) is 28.8. The number of pyridine rings is 4. The van der Waals surface area contributed by atoms with E-state index in [4.69, 9.17) is 0 Å². The van der Waals surface area contributed by atoms with Crippen LogP contribution in [-0.2, 0) is 12.4 Å². The largest absolute Gasteiger partial charge is 0.419 e. The topological polar surface area (TPSA) is 51.6 Å². The monoisotopic (exact) mass is 548 g/mol. The molecule has 0 aliphatic heterocycles. The lowest BCUT2D eigenvalue weighted by molar-refractivity contribution is -0.161. The Bertz CT molecular complexity index is 1710. The van der Waals surface area contributed by atoms with Crippen molar-refractivity contribution in [3.8, 4) is 22.8 Å². The van der Waals surface area contributed by atoms with Gasteiger partial charge in [-0.05, 0) is 42.5 Å². The molecule has 0 unspecified atom stereocenters. The van der Waals surface area contributed by atoms with Crippen molar-refractivity contribution in [1.29, 1.82) is 0 Å². The molecule has 0 bridgehead atoms. The molecule has 0 spiro atoms. The molecule has 0 atom stereocenters. The first-order chi connectivity index (χ1) is 19.1. The van der Waals surface area contributed by atoms with Crippen LogP contribution < -0.4 is 0 Å². The maximum absolute atomic E-state index is 13.0. The van der Waals surface area contributed by atoms with E-state index in [1.807, 2.05) is 48.5 Å². The molecular weight excluding hydrogens is 530 g/mol. The van der Waals surface area contributed by atoms with Gasteiger partial charge in [-0.15, -0.1) is 0 Å². The van der Waals surface area contributed by atoms with Crippen molar-refractivity contribution in [2.45, 2.75) is 12.4 Å². The van der Waals surface area contributed by atoms with Crippen LogP contribution in [0.3, 0.4) is 0 Å². The Balaban J connectivity index is 0.000000161. The van der Waals surface area contributed by atoms with Crippen LogP contribution >= 0.6 is 0 Å². The Labute approximate surface area is 224 Å². The fourth-order valence-corrected chi connectivity index (χ4v) is 4.10. The van der Waals surface area contributed by atoms with Gasteiger partial charge < -0.3 is 0 Å². The zero-order valence-electron chi connectivity index (χ0n) is 20.4. The molecule has 4 aromatic heterocycles. The van der Waals surface area contributed by atoms with Crippen LogP contribution in [0.5, 0.6) is 0 Å². The molecule has 2 aromatic carbocycles. The lowest BCUT2D eigenvalue weighted by Crippen LogP contribution is -2.18. The number of aromatic nitrogens is 4. The maximum Gasteiger partial charge on any atom is 0.419 e. The summed E-state index contributed by atoms with van der Waals surface area (Å²) in [6.07, 6.45) is -8.46. The highest BCUT2D eigenvalue weighted by Gasteiger charge is 2.45. The molecular formula is C30H18F6N4. The fourth-order valence-electron chi connectivity index (χ4n) is 4.10. The van der Waals surface area contributed by atoms with E-state index in [1.165, 1.54) is 18.3 Å². The first-order valence-corrected chi connectivity index (χ1v) is 11.9. The summed E-state index contributed by atoms with van der Waals surface area (Å²) in [5.41, 5.74) is -0.894. The van der Waals surface area contributed by atoms with E-state index in [0.717, 1.165) is 39.3 Å². The zero-order valence-corrected chi connectivity index (χ0v) is 20.4. The lowest BCUT2D eigenvalue weighted by Gasteiger charge is -2.17. The fraction of sp³-hybridized carbons (Fsp3) is 0.0667. The predicted octanol–water partition coefficient (Wildman–Crippen LogP) is 8.63. The molecule has 200 valence electrons. The van der Waals surface area contributed by atoms with Crippen LogP contribution in [0.15, 0.2) is 109 Å². The van der Waals surface area contributed by atoms with E-state index in [-0.39, 0.29) is 5.69 Å². The van der Waals surface area contributed by atoms with E-state index in [1.54, 1.807) is 0 Å². The number of para-hydroxylation sites is 2. The molecule has 0 radical (unpaired) electrons. The number of nitrogens with zero attached hydrogens (tertiary/aromatic N) is 4. The van der Waals surface area contributed by atoms with Gasteiger partial charge in [-0.1, -0.05) is 54.6 Å². The first kappa shape index (κ1) is 26.7. The molecule has 0 aliphatic rings. The third-order valence-electron chi connectivity index (χ3n) is 5.91. The van der Waals surface area contributed by atoms with Crippen LogP contribution in [0.4, 0.5) is 26.3 Å². The molecule has 6 aromatic rings. The Morgan fingerprint density at radius 2 is 1.00 bits per heavy atom. The predicted molar refractivity (Wildman–Crippen MR) is 140 cm³/mol. The van der Waals surface area contributed by atoms with Crippen molar-refractivity contribution >= 4 is 21.8 Å². The summed E-state index contributed by atoms with van der Waals surface area (Å²) in [5.74, 6) is 0. The van der Waals surface area contributed by atoms with Gasteiger partial charge in [-0.3, -0.25) is 9.97 Å². The zero-order chi connectivity index (χ0) is 28.3. The standard InChI is InChI=1S/C18H12N2.C12H6F6N2/c1-3-7-15-13(5-1)9-11-17(19-15)18-12-10-14-6-2-4-8-16(14)20-18;13-11(14,15)7-4-6-20-10(9(7)12(16,17)18)8-3-1-2-5-19-8/h1-12H;1-6H. The number of rotatable bonds is 2. The van der Waals surface area contributed by atoms with Gasteiger partial charge in [0.2, 0.25) is 0 Å². The third-order valence-corrected chi connectivity index (χ3v) is 5.91. The Morgan fingerprint density at radius 3 is 1.50 bits per heavy atom. The van der Waals surface area contributed by atoms with Gasteiger partial charge in [-0.2, -0.15) is 26.3 Å². The van der Waals surface area contributed by atoms with Gasteiger partial charge in [0, 0.05) is 23.2 Å². The van der Waals surface area contributed by atoms with E-state index in [9.17, 15) is 26.3 Å². The Kier molecular flexibility index (Phi) is 7.17. The average molecular weight is 548 g/mol. The average Bonchev–Trinajstić information content (AvgIpc) is 2.96. The van der Waals surface area contributed by atoms with Gasteiger partial charge in [-0.25, -0.2) is 9.97 Å². The van der Waals surface area contributed by atoms with Crippen LogP contribution in [0, 0.1) is 0 Å². The maximum atomic E-state index is 13.0. The molecule has 0 saturated heterocycles. The van der Waals surface area contributed by atoms with Crippen molar-refractivity contribution in [2.24, 2.45) is 0 Å². The number of halogens is 6. The Hall–Kier alpha value is -4.86. The molecule has 0 amide bonds. The second-order valence-corrected chi connectivity index (χ2v) is 8.57. The number of benzene rings is 2. The molecule has 0 N–H and O–H groups in total. The van der Waals surface area contributed by atoms with Gasteiger partial charge in [0.15, 0.2) is 0 Å². The van der Waals surface area contributed by atoms with Gasteiger partial charge in [0.05, 0.1) is 39.2 Å². The van der Waals surface area contributed by atoms with Crippen molar-refractivity contribution in [2.75, 3.05) is 0 Å². The van der Waals surface area contributed by atoms with E-state index in [0.29, 0.717) is 12.3 Å². The summed E-state index contributed by atoms with van der Waals surface area (Å²) in [5, 5.41) is 2.30. The molecule has 10 heteroatoms. The van der Waals surface area contributed by atoms with Crippen LogP contribution in [0.2, 0.25) is 0 Å². The van der Waals surface area contributed by atoms with Gasteiger partial charge >= 0.3 is 12.4 Å². The second kappa shape index (κ2) is 10.7. The summed E-state index contributed by atoms with van der Waals surface area (Å²) < 4.78 is 77.0. The van der Waals surface area contributed by atoms with E-state index in [2.05, 4.69) is 44.2 Å². The van der Waals surface area contributed by atoms with Crippen molar-refractivity contribution < 1.29 is 26.3 Å². The number of hydrogen-bond acceptors (Lipinski definition) is 4. The highest BCUT2D eigenvalue weighted by Crippen LogP contribution is 2.43. The van der Waals surface area contributed by atoms with Gasteiger partial charge in [0.25, 0.3) is 0 Å². The van der Waals surface area contributed by atoms with Crippen molar-refractivity contribution in [3.05, 3.63) is 121 Å². The van der Waals surface area contributed by atoms with Crippen LogP contribution in [0.1, 0.15) is 11.1 Å². The number of fused-ring (bicyclic) bond motifs is 2. The molecule has 4 heterocycles. The second-order valence-electron chi connectivity index (χ2n) is 8.57. The van der Waals surface area contributed by atoms with Crippen LogP contribution in [-0.4, -0.2) is 19.9 Å². The van der Waals surface area contributed by atoms with Crippen LogP contribution in [0.25, 0.3) is 44.6 Å². The van der Waals surface area contributed by atoms with E-state index >= 15 is 0 Å². The van der Waals surface area contributed by atoms with Gasteiger partial charge in [0.1, 0.15) is 5.69 Å². The molecule has 0 fully saturated rings. The smallest absolute Gasteiger partial charge is 0.255 e. The third kappa shape index (κ3) is 5.75. The lowest BCUT2D eigenvalue weighted by atomic mass is 10.0. The summed E-state index contributed by atoms with van der Waals surface area (Å²) in [4.78, 5) is 16.4. The molecule has 40 heavy (non-hydrogen) atoms. The minimum absolute atomic E-state index is 0.272. The number of hydrogen-bond donors (Lipinski definition) is 0.